The first-order valence-electron chi connectivity index (χ1n) is 2.54. The minimum absolute atomic E-state index is 0. The molecule has 0 bridgehead atoms. The third kappa shape index (κ3) is 15.7. The molecule has 10 heavy (non-hydrogen) atoms. The standard InChI is InChI=1S/C4H12N2O2.2H3N/c5-1-2-6-3-4(7)8;;/h4,6-8H,1-3,5H2;2*1H3. The maximum absolute atomic E-state index is 8.23. The van der Waals surface area contributed by atoms with Crippen molar-refractivity contribution < 1.29 is 10.2 Å². The van der Waals surface area contributed by atoms with E-state index in [-0.39, 0.29) is 18.8 Å². The van der Waals surface area contributed by atoms with Crippen LogP contribution in [-0.2, 0) is 0 Å². The van der Waals surface area contributed by atoms with Gasteiger partial charge in [-0.2, -0.15) is 0 Å². The van der Waals surface area contributed by atoms with E-state index >= 15 is 0 Å². The zero-order chi connectivity index (χ0) is 6.41. The van der Waals surface area contributed by atoms with E-state index in [1.54, 1.807) is 0 Å². The molecule has 6 nitrogen and oxygen atoms in total. The highest BCUT2D eigenvalue weighted by Crippen LogP contribution is 1.66. The van der Waals surface area contributed by atoms with Gasteiger partial charge in [0.2, 0.25) is 0 Å². The van der Waals surface area contributed by atoms with Crippen LogP contribution >= 0.6 is 0 Å². The SMILES string of the molecule is N.N.NCCNCC(O)O. The molecule has 0 aliphatic heterocycles. The highest BCUT2D eigenvalue weighted by Gasteiger charge is 1.91. The summed E-state index contributed by atoms with van der Waals surface area (Å²) in [6.07, 6.45) is -1.26. The highest BCUT2D eigenvalue weighted by atomic mass is 16.5. The van der Waals surface area contributed by atoms with Crippen molar-refractivity contribution in [2.75, 3.05) is 19.6 Å². The Hall–Kier alpha value is -0.240. The molecule has 0 aromatic rings. The van der Waals surface area contributed by atoms with Crippen LogP contribution in [0.4, 0.5) is 0 Å². The molecule has 0 fully saturated rings. The molecule has 0 atom stereocenters. The van der Waals surface area contributed by atoms with Gasteiger partial charge in [0.05, 0.1) is 0 Å². The van der Waals surface area contributed by atoms with Crippen molar-refractivity contribution in [2.45, 2.75) is 6.29 Å². The third-order valence-electron chi connectivity index (χ3n) is 0.648. The monoisotopic (exact) mass is 154 g/mol. The van der Waals surface area contributed by atoms with E-state index in [0.717, 1.165) is 0 Å². The fourth-order valence-electron chi connectivity index (χ4n) is 0.333. The zero-order valence-corrected chi connectivity index (χ0v) is 6.08. The summed E-state index contributed by atoms with van der Waals surface area (Å²) >= 11 is 0. The number of rotatable bonds is 4. The van der Waals surface area contributed by atoms with E-state index < -0.39 is 6.29 Å². The number of hydrogen-bond donors (Lipinski definition) is 6. The van der Waals surface area contributed by atoms with Crippen LogP contribution < -0.4 is 23.4 Å². The maximum atomic E-state index is 8.23. The Bertz CT molecular complexity index is 52.5. The largest absolute Gasteiger partial charge is 0.367 e. The van der Waals surface area contributed by atoms with Crippen LogP contribution in [0.2, 0.25) is 0 Å². The quantitative estimate of drug-likeness (QED) is 0.207. The first-order valence-corrected chi connectivity index (χ1v) is 2.54. The van der Waals surface area contributed by atoms with Gasteiger partial charge < -0.3 is 33.6 Å². The number of aliphatic hydroxyl groups is 2. The molecule has 11 N–H and O–H groups in total. The lowest BCUT2D eigenvalue weighted by molar-refractivity contribution is -0.0368. The van der Waals surface area contributed by atoms with Crippen molar-refractivity contribution in [3.05, 3.63) is 0 Å². The molecule has 0 saturated heterocycles. The van der Waals surface area contributed by atoms with Gasteiger partial charge in [-0.15, -0.1) is 0 Å². The summed E-state index contributed by atoms with van der Waals surface area (Å²) in [5.41, 5.74) is 5.09. The summed E-state index contributed by atoms with van der Waals surface area (Å²) in [4.78, 5) is 0. The molecule has 0 spiro atoms. The zero-order valence-electron chi connectivity index (χ0n) is 6.08. The maximum Gasteiger partial charge on any atom is 0.164 e. The van der Waals surface area contributed by atoms with Crippen LogP contribution in [0, 0.1) is 0 Å². The van der Waals surface area contributed by atoms with Crippen LogP contribution in [0.5, 0.6) is 0 Å². The topological polar surface area (TPSA) is 149 Å². The molecular weight excluding hydrogens is 136 g/mol. The molecule has 0 aromatic heterocycles. The van der Waals surface area contributed by atoms with Gasteiger partial charge in [-0.3, -0.25) is 0 Å². The van der Waals surface area contributed by atoms with E-state index in [2.05, 4.69) is 5.32 Å². The molecule has 0 aliphatic carbocycles. The van der Waals surface area contributed by atoms with Gasteiger partial charge in [-0.1, -0.05) is 0 Å². The number of nitrogens with one attached hydrogen (secondary N) is 1. The Morgan fingerprint density at radius 3 is 2.10 bits per heavy atom. The van der Waals surface area contributed by atoms with Gasteiger partial charge in [-0.25, -0.2) is 0 Å². The normalized spacial score (nSPS) is 8.40. The lowest BCUT2D eigenvalue weighted by Gasteiger charge is -2.02. The van der Waals surface area contributed by atoms with E-state index in [1.165, 1.54) is 0 Å². The summed E-state index contributed by atoms with van der Waals surface area (Å²) < 4.78 is 0. The Labute approximate surface area is 60.6 Å². The summed E-state index contributed by atoms with van der Waals surface area (Å²) in [5.74, 6) is 0. The van der Waals surface area contributed by atoms with E-state index in [0.29, 0.717) is 13.1 Å². The van der Waals surface area contributed by atoms with Crippen LogP contribution in [0.25, 0.3) is 0 Å². The van der Waals surface area contributed by atoms with Crippen LogP contribution in [0.15, 0.2) is 0 Å². The van der Waals surface area contributed by atoms with Crippen molar-refractivity contribution >= 4 is 0 Å². The Balaban J connectivity index is -0.000000245. The second-order valence-electron chi connectivity index (χ2n) is 1.47. The highest BCUT2D eigenvalue weighted by molar-refractivity contribution is 4.46. The van der Waals surface area contributed by atoms with E-state index in [4.69, 9.17) is 15.9 Å². The summed E-state index contributed by atoms with van der Waals surface area (Å²) in [7, 11) is 0. The second-order valence-corrected chi connectivity index (χ2v) is 1.47. The molecule has 0 rings (SSSR count). The Morgan fingerprint density at radius 1 is 1.30 bits per heavy atom. The molecule has 0 unspecified atom stereocenters. The molecule has 66 valence electrons. The Morgan fingerprint density at radius 2 is 1.80 bits per heavy atom. The lowest BCUT2D eigenvalue weighted by atomic mass is 10.5. The molecule has 0 amide bonds. The Kier molecular flexibility index (Phi) is 18.9. The van der Waals surface area contributed by atoms with Gasteiger partial charge >= 0.3 is 0 Å². The summed E-state index contributed by atoms with van der Waals surface area (Å²) in [5, 5.41) is 19.2. The summed E-state index contributed by atoms with van der Waals surface area (Å²) in [6.45, 7) is 1.33. The van der Waals surface area contributed by atoms with Gasteiger partial charge in [0, 0.05) is 19.6 Å². The van der Waals surface area contributed by atoms with Crippen molar-refractivity contribution in [1.29, 1.82) is 0 Å². The van der Waals surface area contributed by atoms with Crippen molar-refractivity contribution in [1.82, 2.24) is 17.6 Å². The average molecular weight is 154 g/mol. The molecule has 0 radical (unpaired) electrons. The molecule has 0 aromatic carbocycles. The fourth-order valence-corrected chi connectivity index (χ4v) is 0.333. The molecule has 0 heterocycles. The van der Waals surface area contributed by atoms with Crippen LogP contribution in [0.3, 0.4) is 0 Å². The molecular formula is C4H18N4O2. The van der Waals surface area contributed by atoms with Gasteiger partial charge in [-0.05, 0) is 0 Å². The van der Waals surface area contributed by atoms with E-state index in [1.807, 2.05) is 0 Å². The second kappa shape index (κ2) is 11.5. The van der Waals surface area contributed by atoms with Crippen LogP contribution in [-0.4, -0.2) is 36.1 Å². The first-order chi connectivity index (χ1) is 3.77. The predicted octanol–water partition coefficient (Wildman–Crippen LogP) is -1.83. The smallest absolute Gasteiger partial charge is 0.164 e. The summed E-state index contributed by atoms with van der Waals surface area (Å²) in [6, 6.07) is 0. The van der Waals surface area contributed by atoms with Gasteiger partial charge in [0.15, 0.2) is 6.29 Å². The predicted molar refractivity (Wildman–Crippen MR) is 40.2 cm³/mol. The van der Waals surface area contributed by atoms with Crippen molar-refractivity contribution in [3.63, 3.8) is 0 Å². The minimum Gasteiger partial charge on any atom is -0.367 e. The average Bonchev–Trinajstić information content (AvgIpc) is 1.66. The van der Waals surface area contributed by atoms with E-state index in [9.17, 15) is 0 Å². The van der Waals surface area contributed by atoms with Gasteiger partial charge in [0.1, 0.15) is 0 Å². The number of aliphatic hydroxyl groups excluding tert-OH is 1. The molecule has 6 heteroatoms. The number of hydrogen-bond acceptors (Lipinski definition) is 6. The van der Waals surface area contributed by atoms with Crippen molar-refractivity contribution in [3.8, 4) is 0 Å². The third-order valence-corrected chi connectivity index (χ3v) is 0.648. The van der Waals surface area contributed by atoms with Crippen molar-refractivity contribution in [2.24, 2.45) is 5.73 Å². The first kappa shape index (κ1) is 16.4. The molecule has 0 aliphatic rings. The lowest BCUT2D eigenvalue weighted by Crippen LogP contribution is -2.30. The fraction of sp³-hybridized carbons (Fsp3) is 1.00. The number of nitrogens with two attached hydrogens (primary N) is 1. The molecule has 0 saturated carbocycles. The minimum atomic E-state index is -1.26. The van der Waals surface area contributed by atoms with Crippen LogP contribution in [0.1, 0.15) is 0 Å². The van der Waals surface area contributed by atoms with Gasteiger partial charge in [0.25, 0.3) is 0 Å².